The topological polar surface area (TPSA) is 83.6 Å². The first-order valence-electron chi connectivity index (χ1n) is 4.51. The van der Waals surface area contributed by atoms with E-state index in [1.54, 1.807) is 6.07 Å². The number of halogens is 2. The van der Waals surface area contributed by atoms with Crippen LogP contribution in [0, 0.1) is 0 Å². The lowest BCUT2D eigenvalue weighted by Crippen LogP contribution is -2.26. The molecule has 1 aromatic carbocycles. The van der Waals surface area contributed by atoms with Gasteiger partial charge in [-0.15, -0.1) is 0 Å². The highest BCUT2D eigenvalue weighted by atomic mass is 35.5. The summed E-state index contributed by atoms with van der Waals surface area (Å²) >= 11 is 11.7. The predicted molar refractivity (Wildman–Crippen MR) is 61.2 cm³/mol. The molecule has 88 valence electrons. The minimum absolute atomic E-state index is 0.194. The molecule has 0 radical (unpaired) electrons. The smallest absolute Gasteiger partial charge is 0.220 e. The average Bonchev–Trinajstić information content (AvgIpc) is 2.16. The van der Waals surface area contributed by atoms with Crippen LogP contribution >= 0.6 is 23.2 Å². The second-order valence-corrected chi connectivity index (χ2v) is 4.13. The standard InChI is InChI=1S/C10H11Cl2NO3/c11-5-2-1-3-6(12)9(5)10(16)7(14)4-8(13)15/h1-3,7,10,14,16H,4H2,(H2,13,15). The van der Waals surface area contributed by atoms with Gasteiger partial charge in [0.2, 0.25) is 5.91 Å². The van der Waals surface area contributed by atoms with Crippen LogP contribution in [0.1, 0.15) is 18.1 Å². The zero-order valence-electron chi connectivity index (χ0n) is 8.23. The van der Waals surface area contributed by atoms with E-state index in [-0.39, 0.29) is 22.0 Å². The normalized spacial score (nSPS) is 14.5. The molecule has 2 unspecified atom stereocenters. The number of aliphatic hydroxyl groups excluding tert-OH is 2. The molecule has 2 atom stereocenters. The molecule has 1 amide bonds. The number of carbonyl (C=O) groups excluding carboxylic acids is 1. The van der Waals surface area contributed by atoms with E-state index in [9.17, 15) is 15.0 Å². The molecular weight excluding hydrogens is 253 g/mol. The van der Waals surface area contributed by atoms with Gasteiger partial charge in [-0.05, 0) is 12.1 Å². The highest BCUT2D eigenvalue weighted by Gasteiger charge is 2.24. The fourth-order valence-corrected chi connectivity index (χ4v) is 1.92. The number of benzene rings is 1. The summed E-state index contributed by atoms with van der Waals surface area (Å²) in [6.45, 7) is 0. The van der Waals surface area contributed by atoms with E-state index in [2.05, 4.69) is 0 Å². The maximum atomic E-state index is 10.6. The summed E-state index contributed by atoms with van der Waals surface area (Å²) in [5, 5.41) is 19.7. The minimum atomic E-state index is -1.34. The molecule has 1 aromatic rings. The third kappa shape index (κ3) is 3.09. The minimum Gasteiger partial charge on any atom is -0.390 e. The third-order valence-corrected chi connectivity index (χ3v) is 2.73. The van der Waals surface area contributed by atoms with E-state index < -0.39 is 18.1 Å². The summed E-state index contributed by atoms with van der Waals surface area (Å²) in [6.07, 6.45) is -3.02. The van der Waals surface area contributed by atoms with E-state index in [1.165, 1.54) is 12.1 Å². The van der Waals surface area contributed by atoms with Crippen molar-refractivity contribution in [2.45, 2.75) is 18.6 Å². The summed E-state index contributed by atoms with van der Waals surface area (Å²) < 4.78 is 0. The summed E-state index contributed by atoms with van der Waals surface area (Å²) in [5.41, 5.74) is 5.10. The lowest BCUT2D eigenvalue weighted by molar-refractivity contribution is -0.121. The van der Waals surface area contributed by atoms with Gasteiger partial charge in [-0.1, -0.05) is 29.3 Å². The fourth-order valence-electron chi connectivity index (χ4n) is 1.30. The molecule has 0 aliphatic heterocycles. The Bertz CT molecular complexity index is 377. The second-order valence-electron chi connectivity index (χ2n) is 3.32. The van der Waals surface area contributed by atoms with Gasteiger partial charge in [0.1, 0.15) is 6.10 Å². The van der Waals surface area contributed by atoms with Gasteiger partial charge >= 0.3 is 0 Å². The van der Waals surface area contributed by atoms with E-state index in [0.717, 1.165) is 0 Å². The van der Waals surface area contributed by atoms with Crippen molar-refractivity contribution in [3.63, 3.8) is 0 Å². The summed E-state index contributed by atoms with van der Waals surface area (Å²) in [5.74, 6) is -0.713. The number of carbonyl (C=O) groups is 1. The Morgan fingerprint density at radius 2 is 1.81 bits per heavy atom. The van der Waals surface area contributed by atoms with Crippen LogP contribution in [-0.4, -0.2) is 22.2 Å². The highest BCUT2D eigenvalue weighted by Crippen LogP contribution is 2.32. The second kappa shape index (κ2) is 5.50. The Labute approximate surface area is 103 Å². The van der Waals surface area contributed by atoms with Crippen LogP contribution < -0.4 is 5.73 Å². The largest absolute Gasteiger partial charge is 0.390 e. The summed E-state index contributed by atoms with van der Waals surface area (Å²) in [7, 11) is 0. The first kappa shape index (κ1) is 13.3. The van der Waals surface area contributed by atoms with Gasteiger partial charge in [-0.25, -0.2) is 0 Å². The number of rotatable bonds is 4. The van der Waals surface area contributed by atoms with E-state index >= 15 is 0 Å². The number of aliphatic hydroxyl groups is 2. The quantitative estimate of drug-likeness (QED) is 0.765. The number of amides is 1. The highest BCUT2D eigenvalue weighted by molar-refractivity contribution is 6.36. The zero-order chi connectivity index (χ0) is 12.3. The molecule has 4 nitrogen and oxygen atoms in total. The van der Waals surface area contributed by atoms with Crippen LogP contribution in [0.25, 0.3) is 0 Å². The van der Waals surface area contributed by atoms with Crippen LogP contribution in [0.5, 0.6) is 0 Å². The summed E-state index contributed by atoms with van der Waals surface area (Å²) in [4.78, 5) is 10.6. The number of nitrogens with two attached hydrogens (primary N) is 1. The van der Waals surface area contributed by atoms with Gasteiger partial charge in [0, 0.05) is 15.6 Å². The first-order valence-corrected chi connectivity index (χ1v) is 5.27. The molecule has 16 heavy (non-hydrogen) atoms. The molecule has 0 bridgehead atoms. The van der Waals surface area contributed by atoms with Gasteiger partial charge in [-0.3, -0.25) is 4.79 Å². The van der Waals surface area contributed by atoms with Crippen molar-refractivity contribution in [1.29, 1.82) is 0 Å². The maximum absolute atomic E-state index is 10.6. The van der Waals surface area contributed by atoms with Crippen LogP contribution in [0.3, 0.4) is 0 Å². The molecule has 0 saturated carbocycles. The molecule has 0 fully saturated rings. The molecule has 0 aliphatic carbocycles. The van der Waals surface area contributed by atoms with Gasteiger partial charge in [0.25, 0.3) is 0 Å². The zero-order valence-corrected chi connectivity index (χ0v) is 9.74. The first-order chi connectivity index (χ1) is 7.43. The van der Waals surface area contributed by atoms with Gasteiger partial charge in [0.05, 0.1) is 12.5 Å². The van der Waals surface area contributed by atoms with Gasteiger partial charge in [0.15, 0.2) is 0 Å². The van der Waals surface area contributed by atoms with Crippen molar-refractivity contribution in [2.24, 2.45) is 5.73 Å². The lowest BCUT2D eigenvalue weighted by Gasteiger charge is -2.19. The predicted octanol–water partition coefficient (Wildman–Crippen LogP) is 1.26. The monoisotopic (exact) mass is 263 g/mol. The molecule has 4 N–H and O–H groups in total. The molecule has 6 heteroatoms. The number of hydrogen-bond donors (Lipinski definition) is 3. The van der Waals surface area contributed by atoms with Crippen molar-refractivity contribution in [2.75, 3.05) is 0 Å². The van der Waals surface area contributed by atoms with Crippen molar-refractivity contribution >= 4 is 29.1 Å². The molecule has 0 spiro atoms. The van der Waals surface area contributed by atoms with Crippen LogP contribution in [0.4, 0.5) is 0 Å². The van der Waals surface area contributed by atoms with E-state index in [0.29, 0.717) is 0 Å². The Hall–Kier alpha value is -0.810. The molecule has 1 rings (SSSR count). The van der Waals surface area contributed by atoms with Gasteiger partial charge in [-0.2, -0.15) is 0 Å². The van der Waals surface area contributed by atoms with Crippen LogP contribution in [0.15, 0.2) is 18.2 Å². The van der Waals surface area contributed by atoms with E-state index in [4.69, 9.17) is 28.9 Å². The Morgan fingerprint density at radius 3 is 2.25 bits per heavy atom. The Balaban J connectivity index is 2.95. The van der Waals surface area contributed by atoms with Crippen molar-refractivity contribution in [1.82, 2.24) is 0 Å². The molecule has 0 heterocycles. The number of primary amides is 1. The van der Waals surface area contributed by atoms with Crippen molar-refractivity contribution in [3.05, 3.63) is 33.8 Å². The Kier molecular flexibility index (Phi) is 4.56. The van der Waals surface area contributed by atoms with Crippen LogP contribution in [-0.2, 0) is 4.79 Å². The van der Waals surface area contributed by atoms with E-state index in [1.807, 2.05) is 0 Å². The molecule has 0 saturated heterocycles. The SMILES string of the molecule is NC(=O)CC(O)C(O)c1c(Cl)cccc1Cl. The number of hydrogen-bond acceptors (Lipinski definition) is 3. The molecular formula is C10H11Cl2NO3. The maximum Gasteiger partial charge on any atom is 0.220 e. The third-order valence-electron chi connectivity index (χ3n) is 2.07. The van der Waals surface area contributed by atoms with Crippen LogP contribution in [0.2, 0.25) is 10.0 Å². The fraction of sp³-hybridized carbons (Fsp3) is 0.300. The van der Waals surface area contributed by atoms with Crippen molar-refractivity contribution < 1.29 is 15.0 Å². The summed E-state index contributed by atoms with van der Waals surface area (Å²) in [6, 6.07) is 4.67. The average molecular weight is 264 g/mol. The lowest BCUT2D eigenvalue weighted by atomic mass is 10.0. The molecule has 0 aromatic heterocycles. The molecule has 0 aliphatic rings. The van der Waals surface area contributed by atoms with Crippen molar-refractivity contribution in [3.8, 4) is 0 Å². The Morgan fingerprint density at radius 1 is 1.31 bits per heavy atom. The van der Waals surface area contributed by atoms with Gasteiger partial charge < -0.3 is 15.9 Å².